The minimum atomic E-state index is 0.582. The van der Waals surface area contributed by atoms with Gasteiger partial charge in [0.1, 0.15) is 6.26 Å². The molecule has 0 saturated heterocycles. The van der Waals surface area contributed by atoms with E-state index >= 15 is 0 Å². The lowest BCUT2D eigenvalue weighted by Crippen LogP contribution is -2.16. The summed E-state index contributed by atoms with van der Waals surface area (Å²) in [6.45, 7) is 0. The average Bonchev–Trinajstić information content (AvgIpc) is 2.41. The standard InChI is InChI=1S/C11H9NO/c13-8-10-7-6-9-4-2-1-3-5-11(9)12-10/h1-8,13H. The number of allylic oxidation sites excluding steroid dienone is 3. The van der Waals surface area contributed by atoms with Crippen molar-refractivity contribution in [1.29, 1.82) is 0 Å². The summed E-state index contributed by atoms with van der Waals surface area (Å²) in [6, 6.07) is 3.72. The van der Waals surface area contributed by atoms with Crippen molar-refractivity contribution in [3.05, 3.63) is 46.6 Å². The molecule has 0 amide bonds. The van der Waals surface area contributed by atoms with E-state index in [0.717, 1.165) is 17.2 Å². The third kappa shape index (κ3) is 1.51. The third-order valence-electron chi connectivity index (χ3n) is 1.86. The highest BCUT2D eigenvalue weighted by Crippen LogP contribution is 1.93. The SMILES string of the molecule is OC=c1ccc2c(n1)C=CC=CC=2. The summed E-state index contributed by atoms with van der Waals surface area (Å²) in [5.41, 5.74) is 0.882. The smallest absolute Gasteiger partial charge is 0.105 e. The first-order chi connectivity index (χ1) is 6.40. The van der Waals surface area contributed by atoms with Crippen LogP contribution in [0.5, 0.6) is 0 Å². The van der Waals surface area contributed by atoms with E-state index in [1.54, 1.807) is 6.07 Å². The quantitative estimate of drug-likeness (QED) is 0.624. The van der Waals surface area contributed by atoms with Crippen LogP contribution in [0.4, 0.5) is 0 Å². The minimum absolute atomic E-state index is 0.582. The maximum Gasteiger partial charge on any atom is 0.105 e. The predicted molar refractivity (Wildman–Crippen MR) is 53.2 cm³/mol. The number of fused-ring (bicyclic) bond motifs is 1. The van der Waals surface area contributed by atoms with Gasteiger partial charge in [-0.05, 0) is 12.1 Å². The Balaban J connectivity index is 2.74. The molecule has 2 heteroatoms. The molecule has 64 valence electrons. The number of hydrogen-bond acceptors (Lipinski definition) is 2. The largest absolute Gasteiger partial charge is 0.513 e. The normalized spacial score (nSPS) is 14.9. The van der Waals surface area contributed by atoms with Gasteiger partial charge in [-0.15, -0.1) is 0 Å². The lowest BCUT2D eigenvalue weighted by atomic mass is 10.2. The number of hydrogen-bond donors (Lipinski definition) is 1. The summed E-state index contributed by atoms with van der Waals surface area (Å²) in [4.78, 5) is 4.23. The Morgan fingerprint density at radius 3 is 2.92 bits per heavy atom. The van der Waals surface area contributed by atoms with Crippen LogP contribution < -0.4 is 10.6 Å². The minimum Gasteiger partial charge on any atom is -0.513 e. The van der Waals surface area contributed by atoms with E-state index in [0.29, 0.717) is 5.35 Å². The highest BCUT2D eigenvalue weighted by atomic mass is 16.2. The van der Waals surface area contributed by atoms with Crippen molar-refractivity contribution < 1.29 is 5.11 Å². The van der Waals surface area contributed by atoms with Crippen LogP contribution in [0.3, 0.4) is 0 Å². The molecule has 2 rings (SSSR count). The molecule has 0 aromatic carbocycles. The van der Waals surface area contributed by atoms with Crippen molar-refractivity contribution in [1.82, 2.24) is 4.98 Å². The van der Waals surface area contributed by atoms with Crippen LogP contribution in [0.15, 0.2) is 30.4 Å². The van der Waals surface area contributed by atoms with Gasteiger partial charge in [0.2, 0.25) is 0 Å². The van der Waals surface area contributed by atoms with E-state index in [2.05, 4.69) is 4.98 Å². The molecule has 1 aromatic rings. The molecule has 0 fully saturated rings. The van der Waals surface area contributed by atoms with Gasteiger partial charge in [-0.25, -0.2) is 4.98 Å². The number of pyridine rings is 1. The maximum absolute atomic E-state index is 8.77. The first-order valence-electron chi connectivity index (χ1n) is 4.07. The summed E-state index contributed by atoms with van der Waals surface area (Å²) in [6.07, 6.45) is 10.8. The second-order valence-corrected chi connectivity index (χ2v) is 2.75. The number of aliphatic hydroxyl groups is 1. The molecule has 1 N–H and O–H groups in total. The van der Waals surface area contributed by atoms with Gasteiger partial charge in [-0.1, -0.05) is 30.4 Å². The van der Waals surface area contributed by atoms with E-state index < -0.39 is 0 Å². The Morgan fingerprint density at radius 2 is 2.08 bits per heavy atom. The molecule has 13 heavy (non-hydrogen) atoms. The van der Waals surface area contributed by atoms with E-state index in [4.69, 9.17) is 5.11 Å². The second kappa shape index (κ2) is 3.27. The van der Waals surface area contributed by atoms with Crippen molar-refractivity contribution >= 4 is 18.4 Å². The van der Waals surface area contributed by atoms with Crippen LogP contribution in [0.25, 0.3) is 18.4 Å². The van der Waals surface area contributed by atoms with Gasteiger partial charge in [0, 0.05) is 5.22 Å². The monoisotopic (exact) mass is 171 g/mol. The number of aromatic nitrogens is 1. The molecule has 0 spiro atoms. The van der Waals surface area contributed by atoms with Crippen LogP contribution in [0.1, 0.15) is 5.69 Å². The van der Waals surface area contributed by atoms with Crippen LogP contribution in [0, 0.1) is 0 Å². The molecule has 1 aromatic heterocycles. The Bertz CT molecular complexity index is 483. The average molecular weight is 171 g/mol. The Labute approximate surface area is 75.9 Å². The van der Waals surface area contributed by atoms with Crippen molar-refractivity contribution in [2.45, 2.75) is 0 Å². The van der Waals surface area contributed by atoms with Gasteiger partial charge in [0.15, 0.2) is 0 Å². The van der Waals surface area contributed by atoms with Gasteiger partial charge in [0.25, 0.3) is 0 Å². The molecule has 0 bridgehead atoms. The topological polar surface area (TPSA) is 33.1 Å². The zero-order chi connectivity index (χ0) is 9.10. The molecule has 1 aliphatic rings. The van der Waals surface area contributed by atoms with Crippen molar-refractivity contribution in [2.75, 3.05) is 0 Å². The number of rotatable bonds is 0. The van der Waals surface area contributed by atoms with Crippen molar-refractivity contribution in [3.63, 3.8) is 0 Å². The zero-order valence-corrected chi connectivity index (χ0v) is 7.01. The Morgan fingerprint density at radius 1 is 1.15 bits per heavy atom. The van der Waals surface area contributed by atoms with Gasteiger partial charge in [-0.2, -0.15) is 0 Å². The summed E-state index contributed by atoms with van der Waals surface area (Å²) in [5, 5.41) is 10.4. The molecule has 2 nitrogen and oxygen atoms in total. The summed E-state index contributed by atoms with van der Waals surface area (Å²) in [7, 11) is 0. The Kier molecular flexibility index (Phi) is 1.96. The first-order valence-corrected chi connectivity index (χ1v) is 4.07. The highest BCUT2D eigenvalue weighted by Gasteiger charge is 1.92. The molecule has 0 saturated carbocycles. The van der Waals surface area contributed by atoms with Gasteiger partial charge >= 0.3 is 0 Å². The first kappa shape index (κ1) is 7.80. The summed E-state index contributed by atoms with van der Waals surface area (Å²) >= 11 is 0. The van der Waals surface area contributed by atoms with Gasteiger partial charge < -0.3 is 5.11 Å². The van der Waals surface area contributed by atoms with Crippen LogP contribution in [0.2, 0.25) is 0 Å². The van der Waals surface area contributed by atoms with E-state index in [1.807, 2.05) is 36.4 Å². The molecule has 0 atom stereocenters. The molecule has 0 aliphatic heterocycles. The Hall–Kier alpha value is -1.83. The van der Waals surface area contributed by atoms with E-state index in [9.17, 15) is 0 Å². The van der Waals surface area contributed by atoms with E-state index in [1.165, 1.54) is 0 Å². The van der Waals surface area contributed by atoms with Crippen LogP contribution >= 0.6 is 0 Å². The number of nitrogens with zero attached hydrogens (tertiary/aromatic N) is 1. The highest BCUT2D eigenvalue weighted by molar-refractivity contribution is 5.56. The molecule has 1 heterocycles. The number of aliphatic hydroxyl groups excluding tert-OH is 1. The van der Waals surface area contributed by atoms with Crippen LogP contribution in [-0.4, -0.2) is 10.1 Å². The summed E-state index contributed by atoms with van der Waals surface area (Å²) < 4.78 is 0. The van der Waals surface area contributed by atoms with Crippen molar-refractivity contribution in [2.24, 2.45) is 0 Å². The van der Waals surface area contributed by atoms with Gasteiger partial charge in [0.05, 0.1) is 11.0 Å². The fraction of sp³-hybridized carbons (Fsp3) is 0. The fourth-order valence-corrected chi connectivity index (χ4v) is 1.22. The second-order valence-electron chi connectivity index (χ2n) is 2.75. The third-order valence-corrected chi connectivity index (χ3v) is 1.86. The molecule has 0 unspecified atom stereocenters. The maximum atomic E-state index is 8.77. The fourth-order valence-electron chi connectivity index (χ4n) is 1.22. The zero-order valence-electron chi connectivity index (χ0n) is 7.01. The predicted octanol–water partition coefficient (Wildman–Crippen LogP) is 0.741. The van der Waals surface area contributed by atoms with Crippen LogP contribution in [-0.2, 0) is 0 Å². The lowest BCUT2D eigenvalue weighted by molar-refractivity contribution is 0.538. The molecule has 0 radical (unpaired) electrons. The lowest BCUT2D eigenvalue weighted by Gasteiger charge is -1.92. The molecular formula is C11H9NO. The van der Waals surface area contributed by atoms with E-state index in [-0.39, 0.29) is 0 Å². The molecule has 1 aliphatic carbocycles. The van der Waals surface area contributed by atoms with Crippen molar-refractivity contribution in [3.8, 4) is 0 Å². The molecular weight excluding hydrogens is 162 g/mol. The summed E-state index contributed by atoms with van der Waals surface area (Å²) in [5.74, 6) is 0. The van der Waals surface area contributed by atoms with Gasteiger partial charge in [-0.3, -0.25) is 0 Å².